The normalized spacial score (nSPS) is 11.1. The largest absolute Gasteiger partial charge is 0.495 e. The summed E-state index contributed by atoms with van der Waals surface area (Å²) in [5.74, 6) is 0.336. The van der Waals surface area contributed by atoms with Gasteiger partial charge in [-0.25, -0.2) is 9.97 Å². The Morgan fingerprint density at radius 2 is 1.71 bits per heavy atom. The average molecular weight is 492 g/mol. The number of para-hydroxylation sites is 2. The number of nitrogens with one attached hydrogen (secondary N) is 1. The predicted molar refractivity (Wildman–Crippen MR) is 135 cm³/mol. The van der Waals surface area contributed by atoms with Gasteiger partial charge in [0, 0.05) is 11.6 Å². The summed E-state index contributed by atoms with van der Waals surface area (Å²) in [6, 6.07) is 20.0. The van der Waals surface area contributed by atoms with Crippen LogP contribution in [0.4, 0.5) is 5.82 Å². The summed E-state index contributed by atoms with van der Waals surface area (Å²) in [6.45, 7) is 0.236. The van der Waals surface area contributed by atoms with E-state index < -0.39 is 0 Å². The Balaban J connectivity index is 1.67. The van der Waals surface area contributed by atoms with Gasteiger partial charge in [0.05, 0.1) is 28.9 Å². The molecule has 0 fully saturated rings. The van der Waals surface area contributed by atoms with Crippen LogP contribution in [0.1, 0.15) is 15.9 Å². The number of hydrogen-bond acceptors (Lipinski definition) is 5. The van der Waals surface area contributed by atoms with Gasteiger partial charge in [-0.05, 0) is 42.0 Å². The molecule has 0 saturated carbocycles. The maximum atomic E-state index is 13.4. The molecule has 9 heteroatoms. The molecule has 0 saturated heterocycles. The molecule has 0 bridgehead atoms. The van der Waals surface area contributed by atoms with E-state index in [0.29, 0.717) is 43.7 Å². The van der Waals surface area contributed by atoms with E-state index in [9.17, 15) is 4.79 Å². The fourth-order valence-corrected chi connectivity index (χ4v) is 4.30. The fourth-order valence-electron chi connectivity index (χ4n) is 3.85. The van der Waals surface area contributed by atoms with E-state index in [4.69, 9.17) is 43.6 Å². The Morgan fingerprint density at radius 3 is 2.41 bits per heavy atom. The number of aromatic nitrogens is 3. The molecule has 0 spiro atoms. The van der Waals surface area contributed by atoms with Crippen LogP contribution in [0.25, 0.3) is 27.9 Å². The lowest BCUT2D eigenvalue weighted by molar-refractivity contribution is 0.0953. The number of rotatable bonds is 5. The molecular weight excluding hydrogens is 473 g/mol. The number of benzene rings is 3. The number of nitrogens with zero attached hydrogens (tertiary/aromatic N) is 3. The molecule has 5 aromatic rings. The molecule has 0 atom stereocenters. The Morgan fingerprint density at radius 1 is 1.00 bits per heavy atom. The second kappa shape index (κ2) is 8.85. The van der Waals surface area contributed by atoms with Gasteiger partial charge in [-0.3, -0.25) is 9.36 Å². The van der Waals surface area contributed by atoms with Gasteiger partial charge in [-0.2, -0.15) is 0 Å². The number of methoxy groups -OCH3 is 1. The van der Waals surface area contributed by atoms with E-state index in [0.717, 1.165) is 5.56 Å². The SMILES string of the molecule is COc1ccc(-n2c(N)c(C(=O)NCc3ccccc3Cl)c3nc4ccccc4nc32)cc1Cl. The van der Waals surface area contributed by atoms with Crippen LogP contribution in [0.15, 0.2) is 66.7 Å². The van der Waals surface area contributed by atoms with E-state index in [1.54, 1.807) is 35.9 Å². The molecule has 1 amide bonds. The third-order valence-electron chi connectivity index (χ3n) is 5.52. The van der Waals surface area contributed by atoms with Crippen molar-refractivity contribution in [1.29, 1.82) is 0 Å². The molecule has 3 N–H and O–H groups in total. The fraction of sp³-hybridized carbons (Fsp3) is 0.0800. The van der Waals surface area contributed by atoms with Gasteiger partial charge in [0.2, 0.25) is 0 Å². The Bertz CT molecular complexity index is 1560. The van der Waals surface area contributed by atoms with Crippen molar-refractivity contribution in [2.45, 2.75) is 6.54 Å². The molecule has 2 heterocycles. The van der Waals surface area contributed by atoms with Crippen LogP contribution >= 0.6 is 23.2 Å². The highest BCUT2D eigenvalue weighted by atomic mass is 35.5. The lowest BCUT2D eigenvalue weighted by Crippen LogP contribution is -2.24. The predicted octanol–water partition coefficient (Wildman–Crippen LogP) is 5.40. The smallest absolute Gasteiger partial charge is 0.257 e. The number of amides is 1. The first-order valence-corrected chi connectivity index (χ1v) is 11.2. The lowest BCUT2D eigenvalue weighted by Gasteiger charge is -2.11. The summed E-state index contributed by atoms with van der Waals surface area (Å²) >= 11 is 12.6. The molecular formula is C25H19Cl2N5O2. The number of hydrogen-bond donors (Lipinski definition) is 2. The van der Waals surface area contributed by atoms with Crippen LogP contribution in [0.5, 0.6) is 5.75 Å². The Hall–Kier alpha value is -3.81. The van der Waals surface area contributed by atoms with E-state index >= 15 is 0 Å². The second-order valence-electron chi connectivity index (χ2n) is 7.57. The minimum Gasteiger partial charge on any atom is -0.495 e. The molecule has 0 aliphatic rings. The molecule has 0 aliphatic carbocycles. The summed E-state index contributed by atoms with van der Waals surface area (Å²) in [5.41, 5.74) is 10.4. The molecule has 0 aliphatic heterocycles. The van der Waals surface area contributed by atoms with Crippen molar-refractivity contribution < 1.29 is 9.53 Å². The minimum atomic E-state index is -0.384. The molecule has 0 unspecified atom stereocenters. The molecule has 0 radical (unpaired) electrons. The van der Waals surface area contributed by atoms with Crippen LogP contribution < -0.4 is 15.8 Å². The molecule has 5 rings (SSSR count). The highest BCUT2D eigenvalue weighted by Gasteiger charge is 2.25. The van der Waals surface area contributed by atoms with Crippen LogP contribution in [-0.2, 0) is 6.54 Å². The van der Waals surface area contributed by atoms with Gasteiger partial charge in [-0.1, -0.05) is 53.5 Å². The zero-order valence-corrected chi connectivity index (χ0v) is 19.6. The van der Waals surface area contributed by atoms with Gasteiger partial charge >= 0.3 is 0 Å². The number of carbonyl (C=O) groups is 1. The number of ether oxygens (including phenoxy) is 1. The third kappa shape index (κ3) is 3.79. The first-order chi connectivity index (χ1) is 16.5. The average Bonchev–Trinajstić information content (AvgIpc) is 3.12. The summed E-state index contributed by atoms with van der Waals surface area (Å²) < 4.78 is 6.93. The van der Waals surface area contributed by atoms with E-state index in [2.05, 4.69) is 5.32 Å². The Labute approximate surface area is 205 Å². The number of fused-ring (bicyclic) bond motifs is 2. The quantitative estimate of drug-likeness (QED) is 0.343. The topological polar surface area (TPSA) is 95.1 Å². The maximum Gasteiger partial charge on any atom is 0.257 e. The number of nitrogen functional groups attached to an aromatic ring is 1. The first-order valence-electron chi connectivity index (χ1n) is 10.4. The van der Waals surface area contributed by atoms with Crippen molar-refractivity contribution >= 4 is 57.1 Å². The van der Waals surface area contributed by atoms with Crippen LogP contribution in [0, 0.1) is 0 Å². The van der Waals surface area contributed by atoms with Gasteiger partial charge in [0.1, 0.15) is 22.6 Å². The van der Waals surface area contributed by atoms with Gasteiger partial charge < -0.3 is 15.8 Å². The number of anilines is 1. The van der Waals surface area contributed by atoms with E-state index in [-0.39, 0.29) is 23.8 Å². The summed E-state index contributed by atoms with van der Waals surface area (Å²) in [4.78, 5) is 22.8. The van der Waals surface area contributed by atoms with Crippen molar-refractivity contribution in [1.82, 2.24) is 19.9 Å². The number of carbonyl (C=O) groups excluding carboxylic acids is 1. The minimum absolute atomic E-state index is 0.197. The zero-order valence-electron chi connectivity index (χ0n) is 18.0. The van der Waals surface area contributed by atoms with Gasteiger partial charge in [0.15, 0.2) is 5.65 Å². The first kappa shape index (κ1) is 22.0. The summed E-state index contributed by atoms with van der Waals surface area (Å²) in [7, 11) is 1.54. The highest BCUT2D eigenvalue weighted by molar-refractivity contribution is 6.32. The van der Waals surface area contributed by atoms with Crippen LogP contribution in [-0.4, -0.2) is 27.6 Å². The van der Waals surface area contributed by atoms with E-state index in [1.807, 2.05) is 42.5 Å². The van der Waals surface area contributed by atoms with E-state index in [1.165, 1.54) is 0 Å². The molecule has 3 aromatic carbocycles. The molecule has 34 heavy (non-hydrogen) atoms. The summed E-state index contributed by atoms with van der Waals surface area (Å²) in [6.07, 6.45) is 0. The van der Waals surface area contributed by atoms with Crippen LogP contribution in [0.3, 0.4) is 0 Å². The summed E-state index contributed by atoms with van der Waals surface area (Å²) in [5, 5.41) is 3.87. The van der Waals surface area contributed by atoms with Crippen molar-refractivity contribution in [3.8, 4) is 11.4 Å². The maximum absolute atomic E-state index is 13.4. The van der Waals surface area contributed by atoms with Crippen molar-refractivity contribution in [3.05, 3.63) is 87.9 Å². The molecule has 170 valence electrons. The number of nitrogens with two attached hydrogens (primary N) is 1. The third-order valence-corrected chi connectivity index (χ3v) is 6.18. The van der Waals surface area contributed by atoms with Crippen LogP contribution in [0.2, 0.25) is 10.0 Å². The molecule has 2 aromatic heterocycles. The highest BCUT2D eigenvalue weighted by Crippen LogP contribution is 2.34. The zero-order chi connectivity index (χ0) is 23.8. The second-order valence-corrected chi connectivity index (χ2v) is 8.39. The van der Waals surface area contributed by atoms with Crippen molar-refractivity contribution in [2.24, 2.45) is 0 Å². The lowest BCUT2D eigenvalue weighted by atomic mass is 10.2. The standard InChI is InChI=1S/C25H19Cl2N5O2/c1-34-20-11-10-15(12-17(20)27)32-23(28)21(25(33)29-13-14-6-2-3-7-16(14)26)22-24(32)31-19-9-5-4-8-18(19)30-22/h2-12H,13,28H2,1H3,(H,29,33). The number of halogens is 2. The van der Waals surface area contributed by atoms with Gasteiger partial charge in [-0.15, -0.1) is 0 Å². The molecule has 7 nitrogen and oxygen atoms in total. The van der Waals surface area contributed by atoms with Crippen molar-refractivity contribution in [3.63, 3.8) is 0 Å². The monoisotopic (exact) mass is 491 g/mol. The van der Waals surface area contributed by atoms with Gasteiger partial charge in [0.25, 0.3) is 5.91 Å². The Kier molecular flexibility index (Phi) is 5.73. The van der Waals surface area contributed by atoms with Crippen molar-refractivity contribution in [2.75, 3.05) is 12.8 Å².